The van der Waals surface area contributed by atoms with Crippen molar-refractivity contribution in [2.75, 3.05) is 6.54 Å². The molecule has 1 saturated heterocycles. The van der Waals surface area contributed by atoms with Crippen molar-refractivity contribution in [3.8, 4) is 0 Å². The highest BCUT2D eigenvalue weighted by atomic mass is 16.4. The Balaban J connectivity index is 1.94. The average molecular weight is 274 g/mol. The van der Waals surface area contributed by atoms with E-state index in [-0.39, 0.29) is 12.0 Å². The number of aliphatic carboxylic acids is 1. The van der Waals surface area contributed by atoms with Gasteiger partial charge in [0, 0.05) is 12.7 Å². The minimum atomic E-state index is -0.706. The highest BCUT2D eigenvalue weighted by Gasteiger charge is 2.51. The van der Waals surface area contributed by atoms with Gasteiger partial charge in [-0.2, -0.15) is 0 Å². The molecule has 1 N–H and O–H groups in total. The van der Waals surface area contributed by atoms with Gasteiger partial charge in [-0.15, -0.1) is 0 Å². The first-order valence-corrected chi connectivity index (χ1v) is 7.49. The SMILES string of the molecule is CC(C)[C@@H](C(=O)O)N1C[C@@H]2CC[C@@H]2[C@@H]1c1ccccn1. The Morgan fingerprint density at radius 1 is 1.40 bits per heavy atom. The molecule has 0 unspecified atom stereocenters. The normalized spacial score (nSPS) is 30.9. The van der Waals surface area contributed by atoms with E-state index in [9.17, 15) is 9.90 Å². The second-order valence-electron chi connectivity index (χ2n) is 6.42. The molecule has 2 fully saturated rings. The summed E-state index contributed by atoms with van der Waals surface area (Å²) in [5.41, 5.74) is 1.03. The fourth-order valence-corrected chi connectivity index (χ4v) is 3.90. The van der Waals surface area contributed by atoms with Gasteiger partial charge >= 0.3 is 5.97 Å². The summed E-state index contributed by atoms with van der Waals surface area (Å²) in [5, 5.41) is 9.60. The van der Waals surface area contributed by atoms with Crippen molar-refractivity contribution in [1.82, 2.24) is 9.88 Å². The van der Waals surface area contributed by atoms with Crippen LogP contribution in [-0.4, -0.2) is 33.5 Å². The lowest BCUT2D eigenvalue weighted by Gasteiger charge is -2.36. The standard InChI is InChI=1S/C16H22N2O2/c1-10(2)14(16(19)20)18-9-11-6-7-12(11)15(18)13-5-3-4-8-17-13/h3-5,8,10-12,14-15H,6-7,9H2,1-2H3,(H,19,20)/t11-,12-,14-,15+/m0/s1. The van der Waals surface area contributed by atoms with Crippen LogP contribution in [0.25, 0.3) is 0 Å². The molecule has 0 spiro atoms. The third-order valence-electron chi connectivity index (χ3n) is 4.92. The number of aromatic nitrogens is 1. The summed E-state index contributed by atoms with van der Waals surface area (Å²) in [6.45, 7) is 4.89. The van der Waals surface area contributed by atoms with Gasteiger partial charge in [0.2, 0.25) is 0 Å². The molecule has 20 heavy (non-hydrogen) atoms. The van der Waals surface area contributed by atoms with E-state index in [1.54, 1.807) is 0 Å². The molecule has 1 aliphatic carbocycles. The minimum Gasteiger partial charge on any atom is -0.480 e. The topological polar surface area (TPSA) is 53.4 Å². The molecule has 1 saturated carbocycles. The molecule has 1 aliphatic heterocycles. The van der Waals surface area contributed by atoms with Gasteiger partial charge in [-0.1, -0.05) is 19.9 Å². The zero-order valence-electron chi connectivity index (χ0n) is 12.1. The van der Waals surface area contributed by atoms with Gasteiger partial charge in [-0.25, -0.2) is 0 Å². The highest BCUT2D eigenvalue weighted by Crippen LogP contribution is 2.52. The maximum Gasteiger partial charge on any atom is 0.321 e. The molecule has 1 aromatic heterocycles. The number of pyridine rings is 1. The molecular formula is C16H22N2O2. The van der Waals surface area contributed by atoms with Crippen molar-refractivity contribution in [3.63, 3.8) is 0 Å². The number of hydrogen-bond acceptors (Lipinski definition) is 3. The molecule has 0 amide bonds. The van der Waals surface area contributed by atoms with Gasteiger partial charge in [0.05, 0.1) is 11.7 Å². The Bertz CT molecular complexity index is 489. The maximum absolute atomic E-state index is 11.7. The third kappa shape index (κ3) is 2.12. The number of carboxylic acid groups (broad SMARTS) is 1. The van der Waals surface area contributed by atoms with Crippen LogP contribution in [0.5, 0.6) is 0 Å². The Morgan fingerprint density at radius 2 is 2.20 bits per heavy atom. The van der Waals surface area contributed by atoms with Crippen molar-refractivity contribution in [2.24, 2.45) is 17.8 Å². The molecule has 0 radical (unpaired) electrons. The lowest BCUT2D eigenvalue weighted by Crippen LogP contribution is -2.45. The van der Waals surface area contributed by atoms with Crippen LogP contribution in [0.15, 0.2) is 24.4 Å². The largest absolute Gasteiger partial charge is 0.480 e. The number of nitrogens with zero attached hydrogens (tertiary/aromatic N) is 2. The van der Waals surface area contributed by atoms with E-state index >= 15 is 0 Å². The van der Waals surface area contributed by atoms with Crippen molar-refractivity contribution in [2.45, 2.75) is 38.8 Å². The smallest absolute Gasteiger partial charge is 0.321 e. The number of fused-ring (bicyclic) bond motifs is 1. The van der Waals surface area contributed by atoms with Crippen LogP contribution in [0.1, 0.15) is 38.4 Å². The van der Waals surface area contributed by atoms with Crippen molar-refractivity contribution < 1.29 is 9.90 Å². The zero-order valence-corrected chi connectivity index (χ0v) is 12.1. The Labute approximate surface area is 119 Å². The minimum absolute atomic E-state index is 0.108. The fraction of sp³-hybridized carbons (Fsp3) is 0.625. The van der Waals surface area contributed by atoms with E-state index in [0.29, 0.717) is 11.8 Å². The fourth-order valence-electron chi connectivity index (χ4n) is 3.90. The predicted octanol–water partition coefficient (Wildman–Crippen LogP) is 2.57. The van der Waals surface area contributed by atoms with E-state index in [2.05, 4.69) is 9.88 Å². The molecule has 4 heteroatoms. The van der Waals surface area contributed by atoms with E-state index < -0.39 is 12.0 Å². The van der Waals surface area contributed by atoms with Crippen LogP contribution >= 0.6 is 0 Å². The summed E-state index contributed by atoms with van der Waals surface area (Å²) in [7, 11) is 0. The molecule has 0 aromatic carbocycles. The first-order chi connectivity index (χ1) is 9.59. The van der Waals surface area contributed by atoms with Crippen molar-refractivity contribution in [1.29, 1.82) is 0 Å². The van der Waals surface area contributed by atoms with Crippen LogP contribution in [0.4, 0.5) is 0 Å². The maximum atomic E-state index is 11.7. The third-order valence-corrected chi connectivity index (χ3v) is 4.92. The summed E-state index contributed by atoms with van der Waals surface area (Å²) in [6, 6.07) is 5.72. The average Bonchev–Trinajstić information content (AvgIpc) is 2.62. The van der Waals surface area contributed by atoms with Crippen LogP contribution in [-0.2, 0) is 4.79 Å². The molecule has 1 aromatic rings. The van der Waals surface area contributed by atoms with Gasteiger partial charge in [-0.05, 0) is 42.7 Å². The molecule has 2 aliphatic rings. The van der Waals surface area contributed by atoms with Crippen LogP contribution in [0.2, 0.25) is 0 Å². The lowest BCUT2D eigenvalue weighted by atomic mass is 9.72. The Hall–Kier alpha value is -1.42. The molecule has 4 atom stereocenters. The van der Waals surface area contributed by atoms with E-state index in [4.69, 9.17) is 0 Å². The molecular weight excluding hydrogens is 252 g/mol. The molecule has 0 bridgehead atoms. The molecule has 2 heterocycles. The quantitative estimate of drug-likeness (QED) is 0.917. The Morgan fingerprint density at radius 3 is 2.70 bits per heavy atom. The summed E-state index contributed by atoms with van der Waals surface area (Å²) in [5.74, 6) is 0.645. The second kappa shape index (κ2) is 5.17. The number of carbonyl (C=O) groups is 1. The first kappa shape index (κ1) is 13.6. The van der Waals surface area contributed by atoms with Crippen LogP contribution < -0.4 is 0 Å². The number of likely N-dealkylation sites (tertiary alicyclic amines) is 1. The summed E-state index contributed by atoms with van der Waals surface area (Å²) in [4.78, 5) is 18.4. The molecule has 3 rings (SSSR count). The van der Waals surface area contributed by atoms with E-state index in [1.807, 2.05) is 38.2 Å². The van der Waals surface area contributed by atoms with Crippen LogP contribution in [0, 0.1) is 17.8 Å². The highest BCUT2D eigenvalue weighted by molar-refractivity contribution is 5.74. The predicted molar refractivity (Wildman–Crippen MR) is 76.2 cm³/mol. The Kier molecular flexibility index (Phi) is 3.50. The van der Waals surface area contributed by atoms with Gasteiger partial charge < -0.3 is 5.11 Å². The van der Waals surface area contributed by atoms with E-state index in [1.165, 1.54) is 12.8 Å². The zero-order chi connectivity index (χ0) is 14.3. The first-order valence-electron chi connectivity index (χ1n) is 7.49. The summed E-state index contributed by atoms with van der Waals surface area (Å²) >= 11 is 0. The monoisotopic (exact) mass is 274 g/mol. The summed E-state index contributed by atoms with van der Waals surface area (Å²) in [6.07, 6.45) is 4.24. The molecule has 4 nitrogen and oxygen atoms in total. The number of hydrogen-bond donors (Lipinski definition) is 1. The number of rotatable bonds is 4. The van der Waals surface area contributed by atoms with Gasteiger partial charge in [-0.3, -0.25) is 14.7 Å². The summed E-state index contributed by atoms with van der Waals surface area (Å²) < 4.78 is 0. The van der Waals surface area contributed by atoms with Crippen molar-refractivity contribution >= 4 is 5.97 Å². The lowest BCUT2D eigenvalue weighted by molar-refractivity contribution is -0.145. The molecule has 108 valence electrons. The van der Waals surface area contributed by atoms with E-state index in [0.717, 1.165) is 12.2 Å². The van der Waals surface area contributed by atoms with Gasteiger partial charge in [0.15, 0.2) is 0 Å². The van der Waals surface area contributed by atoms with Gasteiger partial charge in [0.1, 0.15) is 6.04 Å². The van der Waals surface area contributed by atoms with Crippen molar-refractivity contribution in [3.05, 3.63) is 30.1 Å². The number of carboxylic acids is 1. The van der Waals surface area contributed by atoms with Crippen LogP contribution in [0.3, 0.4) is 0 Å². The van der Waals surface area contributed by atoms with Gasteiger partial charge in [0.25, 0.3) is 0 Å². The second-order valence-corrected chi connectivity index (χ2v) is 6.42.